The molecule has 0 aliphatic carbocycles. The molecule has 3 rings (SSSR count). The number of aryl methyl sites for hydroxylation is 2. The highest BCUT2D eigenvalue weighted by molar-refractivity contribution is 7.92. The average Bonchev–Trinajstić information content (AvgIpc) is 2.76. The van der Waals surface area contributed by atoms with E-state index < -0.39 is 10.0 Å². The highest BCUT2D eigenvalue weighted by atomic mass is 32.2. The Labute approximate surface area is 183 Å². The first kappa shape index (κ1) is 22.4. The van der Waals surface area contributed by atoms with Gasteiger partial charge in [0, 0.05) is 6.54 Å². The lowest BCUT2D eigenvalue weighted by Crippen LogP contribution is -2.40. The molecule has 6 nitrogen and oxygen atoms in total. The zero-order chi connectivity index (χ0) is 22.4. The van der Waals surface area contributed by atoms with Crippen LogP contribution in [-0.2, 0) is 21.4 Å². The third kappa shape index (κ3) is 5.44. The smallest absolute Gasteiger partial charge is 0.264 e. The summed E-state index contributed by atoms with van der Waals surface area (Å²) in [5, 5.41) is 2.81. The van der Waals surface area contributed by atoms with Gasteiger partial charge in [0.05, 0.1) is 17.7 Å². The number of hydrogen-bond acceptors (Lipinski definition) is 4. The lowest BCUT2D eigenvalue weighted by atomic mass is 10.1. The predicted molar refractivity (Wildman–Crippen MR) is 122 cm³/mol. The third-order valence-electron chi connectivity index (χ3n) is 4.86. The van der Waals surface area contributed by atoms with Crippen LogP contribution in [0.2, 0.25) is 0 Å². The largest absolute Gasteiger partial charge is 0.496 e. The van der Waals surface area contributed by atoms with Crippen LogP contribution in [0.25, 0.3) is 0 Å². The topological polar surface area (TPSA) is 75.7 Å². The van der Waals surface area contributed by atoms with Crippen molar-refractivity contribution in [2.45, 2.75) is 25.3 Å². The fraction of sp³-hybridized carbons (Fsp3) is 0.208. The maximum atomic E-state index is 13.4. The van der Waals surface area contributed by atoms with Crippen LogP contribution in [-0.4, -0.2) is 28.0 Å². The standard InChI is InChI=1S/C24H26N2O4S/c1-18-8-7-9-20(14-18)16-25-24(27)17-26(21-10-5-4-6-11-21)31(28,29)22-12-13-23(30-3)19(2)15-22/h4-15H,16-17H2,1-3H3,(H,25,27). The summed E-state index contributed by atoms with van der Waals surface area (Å²) in [5.74, 6) is 0.209. The van der Waals surface area contributed by atoms with E-state index in [-0.39, 0.29) is 17.3 Å². The summed E-state index contributed by atoms with van der Waals surface area (Å²) in [6.07, 6.45) is 0. The monoisotopic (exact) mass is 438 g/mol. The Kier molecular flexibility index (Phi) is 6.97. The number of para-hydroxylation sites is 1. The molecule has 0 heterocycles. The van der Waals surface area contributed by atoms with E-state index in [1.54, 1.807) is 49.4 Å². The van der Waals surface area contributed by atoms with Crippen molar-refractivity contribution in [3.8, 4) is 5.75 Å². The minimum absolute atomic E-state index is 0.0983. The fourth-order valence-corrected chi connectivity index (χ4v) is 4.76. The molecule has 0 spiro atoms. The molecular weight excluding hydrogens is 412 g/mol. The van der Waals surface area contributed by atoms with Gasteiger partial charge >= 0.3 is 0 Å². The molecule has 0 unspecified atom stereocenters. The summed E-state index contributed by atoms with van der Waals surface area (Å²) >= 11 is 0. The van der Waals surface area contributed by atoms with Gasteiger partial charge in [-0.15, -0.1) is 0 Å². The van der Waals surface area contributed by atoms with Crippen molar-refractivity contribution in [1.82, 2.24) is 5.32 Å². The summed E-state index contributed by atoms with van der Waals surface area (Å²) in [5.41, 5.74) is 3.16. The van der Waals surface area contributed by atoms with E-state index in [1.165, 1.54) is 13.2 Å². The van der Waals surface area contributed by atoms with Crippen molar-refractivity contribution < 1.29 is 17.9 Å². The van der Waals surface area contributed by atoms with Crippen LogP contribution in [0.3, 0.4) is 0 Å². The van der Waals surface area contributed by atoms with Crippen LogP contribution >= 0.6 is 0 Å². The molecule has 1 amide bonds. The lowest BCUT2D eigenvalue weighted by molar-refractivity contribution is -0.119. The van der Waals surface area contributed by atoms with E-state index >= 15 is 0 Å². The SMILES string of the molecule is COc1ccc(S(=O)(=O)N(CC(=O)NCc2cccc(C)c2)c2ccccc2)cc1C. The number of nitrogens with one attached hydrogen (secondary N) is 1. The number of sulfonamides is 1. The van der Waals surface area contributed by atoms with Crippen molar-refractivity contribution in [2.75, 3.05) is 18.0 Å². The zero-order valence-corrected chi connectivity index (χ0v) is 18.6. The van der Waals surface area contributed by atoms with Crippen molar-refractivity contribution in [3.63, 3.8) is 0 Å². The van der Waals surface area contributed by atoms with Gasteiger partial charge in [-0.1, -0.05) is 48.0 Å². The number of methoxy groups -OCH3 is 1. The first-order valence-corrected chi connectivity index (χ1v) is 11.3. The maximum absolute atomic E-state index is 13.4. The van der Waals surface area contributed by atoms with Crippen LogP contribution in [0, 0.1) is 13.8 Å². The summed E-state index contributed by atoms with van der Waals surface area (Å²) in [7, 11) is -2.44. The molecule has 0 aliphatic rings. The van der Waals surface area contributed by atoms with E-state index in [0.29, 0.717) is 23.5 Å². The maximum Gasteiger partial charge on any atom is 0.264 e. The van der Waals surface area contributed by atoms with Crippen molar-refractivity contribution >= 4 is 21.6 Å². The van der Waals surface area contributed by atoms with E-state index in [2.05, 4.69) is 5.32 Å². The van der Waals surface area contributed by atoms with Gasteiger partial charge in [-0.05, 0) is 55.3 Å². The second-order valence-corrected chi connectivity index (χ2v) is 9.11. The Balaban J connectivity index is 1.86. The number of hydrogen-bond donors (Lipinski definition) is 1. The average molecular weight is 439 g/mol. The molecule has 0 aliphatic heterocycles. The van der Waals surface area contributed by atoms with Gasteiger partial charge in [-0.2, -0.15) is 0 Å². The molecule has 0 fully saturated rings. The number of carbonyl (C=O) groups is 1. The molecule has 1 N–H and O–H groups in total. The zero-order valence-electron chi connectivity index (χ0n) is 17.8. The second kappa shape index (κ2) is 9.66. The number of carbonyl (C=O) groups excluding carboxylic acids is 1. The molecule has 31 heavy (non-hydrogen) atoms. The van der Waals surface area contributed by atoms with E-state index in [1.807, 2.05) is 31.2 Å². The molecule has 7 heteroatoms. The molecule has 0 bridgehead atoms. The molecule has 0 aromatic heterocycles. The normalized spacial score (nSPS) is 11.1. The lowest BCUT2D eigenvalue weighted by Gasteiger charge is -2.24. The Hall–Kier alpha value is -3.32. The number of anilines is 1. The quantitative estimate of drug-likeness (QED) is 0.580. The van der Waals surface area contributed by atoms with Gasteiger partial charge in [0.1, 0.15) is 12.3 Å². The minimum atomic E-state index is -3.97. The van der Waals surface area contributed by atoms with Crippen LogP contribution in [0.1, 0.15) is 16.7 Å². The van der Waals surface area contributed by atoms with E-state index in [9.17, 15) is 13.2 Å². The molecule has 162 valence electrons. The number of amides is 1. The first-order chi connectivity index (χ1) is 14.8. The van der Waals surface area contributed by atoms with Gasteiger partial charge in [0.2, 0.25) is 5.91 Å². The second-order valence-electron chi connectivity index (χ2n) is 7.24. The highest BCUT2D eigenvalue weighted by Gasteiger charge is 2.27. The number of ether oxygens (including phenoxy) is 1. The van der Waals surface area contributed by atoms with Crippen LogP contribution in [0.15, 0.2) is 77.7 Å². The van der Waals surface area contributed by atoms with Crippen LogP contribution < -0.4 is 14.4 Å². The highest BCUT2D eigenvalue weighted by Crippen LogP contribution is 2.27. The minimum Gasteiger partial charge on any atom is -0.496 e. The summed E-state index contributed by atoms with van der Waals surface area (Å²) in [4.78, 5) is 12.8. The van der Waals surface area contributed by atoms with Crippen molar-refractivity contribution in [3.05, 3.63) is 89.5 Å². The van der Waals surface area contributed by atoms with Gasteiger partial charge in [-0.25, -0.2) is 8.42 Å². The number of rotatable bonds is 8. The third-order valence-corrected chi connectivity index (χ3v) is 6.63. The van der Waals surface area contributed by atoms with Gasteiger partial charge in [-0.3, -0.25) is 9.10 Å². The Bertz CT molecular complexity index is 1160. The van der Waals surface area contributed by atoms with Crippen molar-refractivity contribution in [1.29, 1.82) is 0 Å². The molecule has 0 radical (unpaired) electrons. The Morgan fingerprint density at radius 2 is 1.71 bits per heavy atom. The number of benzene rings is 3. The number of nitrogens with zero attached hydrogens (tertiary/aromatic N) is 1. The van der Waals surface area contributed by atoms with Crippen LogP contribution in [0.5, 0.6) is 5.75 Å². The fourth-order valence-electron chi connectivity index (χ4n) is 3.26. The van der Waals surface area contributed by atoms with Crippen LogP contribution in [0.4, 0.5) is 5.69 Å². The molecule has 3 aromatic carbocycles. The van der Waals surface area contributed by atoms with E-state index in [4.69, 9.17) is 4.74 Å². The summed E-state index contributed by atoms with van der Waals surface area (Å²) < 4.78 is 33.2. The van der Waals surface area contributed by atoms with E-state index in [0.717, 1.165) is 15.4 Å². The Morgan fingerprint density at radius 1 is 0.968 bits per heavy atom. The predicted octanol–water partition coefficient (Wildman–Crippen LogP) is 3.82. The molecule has 0 saturated carbocycles. The van der Waals surface area contributed by atoms with Gasteiger partial charge in [0.25, 0.3) is 10.0 Å². The van der Waals surface area contributed by atoms with Gasteiger partial charge in [0.15, 0.2) is 0 Å². The van der Waals surface area contributed by atoms with Gasteiger partial charge < -0.3 is 10.1 Å². The molecule has 0 saturated heterocycles. The molecule has 0 atom stereocenters. The summed E-state index contributed by atoms with van der Waals surface area (Å²) in [6, 6.07) is 21.1. The summed E-state index contributed by atoms with van der Waals surface area (Å²) in [6.45, 7) is 3.75. The first-order valence-electron chi connectivity index (χ1n) is 9.86. The van der Waals surface area contributed by atoms with Crippen molar-refractivity contribution in [2.24, 2.45) is 0 Å². The molecule has 3 aromatic rings. The molecular formula is C24H26N2O4S. The Morgan fingerprint density at radius 3 is 2.35 bits per heavy atom.